The highest BCUT2D eigenvalue weighted by atomic mass is 35.5. The van der Waals surface area contributed by atoms with Gasteiger partial charge in [-0.25, -0.2) is 8.42 Å². The molecule has 0 aromatic heterocycles. The molecular weight excluding hydrogens is 312 g/mol. The van der Waals surface area contributed by atoms with Crippen molar-refractivity contribution < 1.29 is 13.2 Å². The van der Waals surface area contributed by atoms with Crippen LogP contribution in [0.25, 0.3) is 0 Å². The van der Waals surface area contributed by atoms with Gasteiger partial charge in [-0.2, -0.15) is 0 Å². The Morgan fingerprint density at radius 2 is 2.10 bits per heavy atom. The summed E-state index contributed by atoms with van der Waals surface area (Å²) in [7, 11) is -2.97. The number of halogens is 1. The van der Waals surface area contributed by atoms with Gasteiger partial charge in [0.25, 0.3) is 0 Å². The van der Waals surface area contributed by atoms with E-state index in [2.05, 4.69) is 5.32 Å². The number of hydrogen-bond donors (Lipinski definition) is 1. The van der Waals surface area contributed by atoms with E-state index < -0.39 is 9.84 Å². The first-order chi connectivity index (χ1) is 9.87. The smallest absolute Gasteiger partial charge is 0.241 e. The predicted octanol–water partition coefficient (Wildman–Crippen LogP) is 1.79. The molecule has 1 heterocycles. The lowest BCUT2D eigenvalue weighted by molar-refractivity contribution is -0.120. The monoisotopic (exact) mass is 330 g/mol. The average molecular weight is 331 g/mol. The molecule has 2 rings (SSSR count). The number of hydrogen-bond acceptors (Lipinski definition) is 4. The van der Waals surface area contributed by atoms with Crippen LogP contribution < -0.4 is 5.32 Å². The standard InChI is InChI=1S/C14H19ClN2O3S/c1-11(17-6-3-8-21(19,20)9-7-17)14(18)16-13-5-2-4-12(15)10-13/h2,4-5,10-11H,3,6-9H2,1H3,(H,16,18). The summed E-state index contributed by atoms with van der Waals surface area (Å²) in [5.74, 6) is 0.157. The largest absolute Gasteiger partial charge is 0.325 e. The normalized spacial score (nSPS) is 20.5. The molecular formula is C14H19ClN2O3S. The molecule has 1 N–H and O–H groups in total. The van der Waals surface area contributed by atoms with E-state index in [0.29, 0.717) is 30.2 Å². The molecule has 1 amide bonds. The number of benzene rings is 1. The molecule has 0 aliphatic carbocycles. The minimum absolute atomic E-state index is 0.113. The summed E-state index contributed by atoms with van der Waals surface area (Å²) in [5, 5.41) is 3.36. The summed E-state index contributed by atoms with van der Waals surface area (Å²) in [6.45, 7) is 2.80. The number of carbonyl (C=O) groups is 1. The quantitative estimate of drug-likeness (QED) is 0.917. The van der Waals surface area contributed by atoms with E-state index in [0.717, 1.165) is 0 Å². The van der Waals surface area contributed by atoms with Crippen molar-refractivity contribution in [2.75, 3.05) is 29.9 Å². The third kappa shape index (κ3) is 4.69. The molecule has 0 radical (unpaired) electrons. The number of sulfone groups is 1. The Balaban J connectivity index is 1.99. The van der Waals surface area contributed by atoms with Gasteiger partial charge in [0.1, 0.15) is 0 Å². The number of nitrogens with one attached hydrogen (secondary N) is 1. The van der Waals surface area contributed by atoms with Crippen LogP contribution in [0.5, 0.6) is 0 Å². The third-order valence-corrected chi connectivity index (χ3v) is 5.56. The van der Waals surface area contributed by atoms with E-state index in [4.69, 9.17) is 11.6 Å². The zero-order valence-corrected chi connectivity index (χ0v) is 13.5. The molecule has 1 fully saturated rings. The Morgan fingerprint density at radius 1 is 1.33 bits per heavy atom. The predicted molar refractivity (Wildman–Crippen MR) is 84.4 cm³/mol. The van der Waals surface area contributed by atoms with Gasteiger partial charge in [-0.05, 0) is 38.1 Å². The van der Waals surface area contributed by atoms with E-state index in [-0.39, 0.29) is 23.5 Å². The summed E-state index contributed by atoms with van der Waals surface area (Å²) < 4.78 is 23.2. The summed E-state index contributed by atoms with van der Waals surface area (Å²) in [4.78, 5) is 14.2. The molecule has 0 saturated carbocycles. The van der Waals surface area contributed by atoms with Crippen molar-refractivity contribution in [3.05, 3.63) is 29.3 Å². The second-order valence-corrected chi connectivity index (χ2v) is 7.96. The van der Waals surface area contributed by atoms with Crippen LogP contribution in [0.1, 0.15) is 13.3 Å². The maximum absolute atomic E-state index is 12.3. The molecule has 0 bridgehead atoms. The first-order valence-corrected chi connectivity index (χ1v) is 9.08. The lowest BCUT2D eigenvalue weighted by Crippen LogP contribution is -2.43. The molecule has 1 saturated heterocycles. The SMILES string of the molecule is CC(C(=O)Nc1cccc(Cl)c1)N1CCCS(=O)(=O)CC1. The summed E-state index contributed by atoms with van der Waals surface area (Å²) in [6.07, 6.45) is 0.567. The minimum Gasteiger partial charge on any atom is -0.325 e. The maximum Gasteiger partial charge on any atom is 0.241 e. The van der Waals surface area contributed by atoms with Gasteiger partial charge in [0.05, 0.1) is 17.5 Å². The average Bonchev–Trinajstić information content (AvgIpc) is 2.59. The van der Waals surface area contributed by atoms with Crippen LogP contribution in [0.2, 0.25) is 5.02 Å². The molecule has 7 heteroatoms. The van der Waals surface area contributed by atoms with Gasteiger partial charge in [0.15, 0.2) is 9.84 Å². The lowest BCUT2D eigenvalue weighted by atomic mass is 10.2. The molecule has 1 aliphatic rings. The number of rotatable bonds is 3. The molecule has 21 heavy (non-hydrogen) atoms. The second kappa shape index (κ2) is 6.77. The zero-order valence-electron chi connectivity index (χ0n) is 11.9. The minimum atomic E-state index is -2.97. The summed E-state index contributed by atoms with van der Waals surface area (Å²) in [5.41, 5.74) is 0.641. The molecule has 5 nitrogen and oxygen atoms in total. The molecule has 1 atom stereocenters. The number of nitrogens with zero attached hydrogens (tertiary/aromatic N) is 1. The van der Waals surface area contributed by atoms with Crippen molar-refractivity contribution in [1.82, 2.24) is 4.90 Å². The fourth-order valence-electron chi connectivity index (χ4n) is 2.32. The van der Waals surface area contributed by atoms with Crippen molar-refractivity contribution in [1.29, 1.82) is 0 Å². The Hall–Kier alpha value is -1.11. The van der Waals surface area contributed by atoms with Gasteiger partial charge in [-0.15, -0.1) is 0 Å². The van der Waals surface area contributed by atoms with Gasteiger partial charge < -0.3 is 5.32 Å². The zero-order chi connectivity index (χ0) is 15.5. The van der Waals surface area contributed by atoms with Crippen molar-refractivity contribution in [2.45, 2.75) is 19.4 Å². The second-order valence-electron chi connectivity index (χ2n) is 5.22. The van der Waals surface area contributed by atoms with Gasteiger partial charge >= 0.3 is 0 Å². The molecule has 1 unspecified atom stereocenters. The highest BCUT2D eigenvalue weighted by Gasteiger charge is 2.26. The third-order valence-electron chi connectivity index (χ3n) is 3.61. The fourth-order valence-corrected chi connectivity index (χ4v) is 3.80. The highest BCUT2D eigenvalue weighted by molar-refractivity contribution is 7.91. The Bertz CT molecular complexity index is 618. The van der Waals surface area contributed by atoms with E-state index in [1.807, 2.05) is 4.90 Å². The van der Waals surface area contributed by atoms with Crippen LogP contribution in [-0.2, 0) is 14.6 Å². The van der Waals surface area contributed by atoms with Crippen LogP contribution >= 0.6 is 11.6 Å². The molecule has 1 aromatic rings. The molecule has 1 aromatic carbocycles. The number of amides is 1. The molecule has 116 valence electrons. The van der Waals surface area contributed by atoms with Crippen LogP contribution in [0.15, 0.2) is 24.3 Å². The Kier molecular flexibility index (Phi) is 5.24. The lowest BCUT2D eigenvalue weighted by Gasteiger charge is -2.26. The molecule has 0 spiro atoms. The fraction of sp³-hybridized carbons (Fsp3) is 0.500. The Morgan fingerprint density at radius 3 is 2.81 bits per heavy atom. The van der Waals surface area contributed by atoms with Gasteiger partial charge in [0, 0.05) is 17.3 Å². The van der Waals surface area contributed by atoms with Crippen LogP contribution in [0.4, 0.5) is 5.69 Å². The topological polar surface area (TPSA) is 66.5 Å². The van der Waals surface area contributed by atoms with Crippen LogP contribution in [0.3, 0.4) is 0 Å². The van der Waals surface area contributed by atoms with Gasteiger partial charge in [0.2, 0.25) is 5.91 Å². The first kappa shape index (κ1) is 16.3. The highest BCUT2D eigenvalue weighted by Crippen LogP contribution is 2.16. The van der Waals surface area contributed by atoms with Gasteiger partial charge in [-0.1, -0.05) is 17.7 Å². The van der Waals surface area contributed by atoms with Crippen molar-refractivity contribution in [3.8, 4) is 0 Å². The maximum atomic E-state index is 12.3. The Labute approximate surface area is 130 Å². The first-order valence-electron chi connectivity index (χ1n) is 6.88. The van der Waals surface area contributed by atoms with E-state index >= 15 is 0 Å². The van der Waals surface area contributed by atoms with E-state index in [9.17, 15) is 13.2 Å². The summed E-state index contributed by atoms with van der Waals surface area (Å²) in [6, 6.07) is 6.57. The van der Waals surface area contributed by atoms with Crippen molar-refractivity contribution in [2.24, 2.45) is 0 Å². The molecule has 1 aliphatic heterocycles. The van der Waals surface area contributed by atoms with Crippen LogP contribution in [0, 0.1) is 0 Å². The van der Waals surface area contributed by atoms with Crippen molar-refractivity contribution in [3.63, 3.8) is 0 Å². The van der Waals surface area contributed by atoms with E-state index in [1.165, 1.54) is 0 Å². The van der Waals surface area contributed by atoms with Crippen molar-refractivity contribution >= 4 is 33.0 Å². The van der Waals surface area contributed by atoms with Crippen LogP contribution in [-0.4, -0.2) is 49.9 Å². The van der Waals surface area contributed by atoms with E-state index in [1.54, 1.807) is 31.2 Å². The van der Waals surface area contributed by atoms with Gasteiger partial charge in [-0.3, -0.25) is 9.69 Å². The number of anilines is 1. The summed E-state index contributed by atoms with van der Waals surface area (Å²) >= 11 is 5.88. The number of carbonyl (C=O) groups excluding carboxylic acids is 1.